The van der Waals surface area contributed by atoms with Crippen LogP contribution in [0.1, 0.15) is 29.0 Å². The Kier molecular flexibility index (Phi) is 4.06. The van der Waals surface area contributed by atoms with E-state index in [2.05, 4.69) is 0 Å². The number of aliphatic hydroxyl groups is 1. The predicted octanol–water partition coefficient (Wildman–Crippen LogP) is 4.12. The molecular weight excluding hydrogens is 278 g/mol. The topological polar surface area (TPSA) is 72.6 Å². The lowest BCUT2D eigenvalue weighted by molar-refractivity contribution is -0.385. The van der Waals surface area contributed by atoms with E-state index in [0.717, 1.165) is 22.5 Å². The lowest BCUT2D eigenvalue weighted by Gasteiger charge is -2.08. The maximum absolute atomic E-state index is 11.1. The van der Waals surface area contributed by atoms with E-state index in [1.807, 2.05) is 26.0 Å². The first-order chi connectivity index (χ1) is 9.40. The molecular formula is C14H15NO4S. The number of benzene rings is 1. The molecule has 0 radical (unpaired) electrons. The van der Waals surface area contributed by atoms with Crippen molar-refractivity contribution >= 4 is 17.0 Å². The molecule has 1 aromatic carbocycles. The lowest BCUT2D eigenvalue weighted by Crippen LogP contribution is -1.92. The highest BCUT2D eigenvalue weighted by atomic mass is 32.1. The van der Waals surface area contributed by atoms with Crippen molar-refractivity contribution in [3.63, 3.8) is 0 Å². The molecule has 0 aliphatic carbocycles. The van der Waals surface area contributed by atoms with Gasteiger partial charge in [0.2, 0.25) is 0 Å². The molecule has 2 aromatic rings. The highest BCUT2D eigenvalue weighted by Gasteiger charge is 2.23. The number of hydrogen-bond donors (Lipinski definition) is 1. The number of aryl methyl sites for hydroxylation is 1. The van der Waals surface area contributed by atoms with Crippen molar-refractivity contribution in [2.24, 2.45) is 0 Å². The van der Waals surface area contributed by atoms with E-state index in [9.17, 15) is 15.2 Å². The first-order valence-electron chi connectivity index (χ1n) is 6.10. The summed E-state index contributed by atoms with van der Waals surface area (Å²) in [5.41, 5.74) is 1.87. The molecule has 20 heavy (non-hydrogen) atoms. The molecule has 106 valence electrons. The molecule has 0 unspecified atom stereocenters. The number of nitrogens with zero attached hydrogens (tertiary/aromatic N) is 1. The summed E-state index contributed by atoms with van der Waals surface area (Å²) in [4.78, 5) is 11.1. The summed E-state index contributed by atoms with van der Waals surface area (Å²) in [5, 5.41) is 20.8. The summed E-state index contributed by atoms with van der Waals surface area (Å²) in [6.45, 7) is 5.42. The summed E-state index contributed by atoms with van der Waals surface area (Å²) in [5.74, 6) is 0.590. The Morgan fingerprint density at radius 1 is 1.40 bits per heavy atom. The molecule has 6 heteroatoms. The molecule has 5 nitrogen and oxygen atoms in total. The van der Waals surface area contributed by atoms with Gasteiger partial charge in [0.05, 0.1) is 11.0 Å². The van der Waals surface area contributed by atoms with Gasteiger partial charge in [-0.15, -0.1) is 0 Å². The minimum atomic E-state index is -0.755. The third-order valence-electron chi connectivity index (χ3n) is 3.06. The van der Waals surface area contributed by atoms with Gasteiger partial charge in [0.1, 0.15) is 5.75 Å². The van der Waals surface area contributed by atoms with Gasteiger partial charge in [0.25, 0.3) is 5.06 Å². The van der Waals surface area contributed by atoms with Crippen LogP contribution in [0.25, 0.3) is 0 Å². The van der Waals surface area contributed by atoms with Crippen LogP contribution in [0.2, 0.25) is 0 Å². The third kappa shape index (κ3) is 2.81. The second-order valence-electron chi connectivity index (χ2n) is 4.55. The van der Waals surface area contributed by atoms with Crippen LogP contribution in [0.4, 0.5) is 5.69 Å². The summed E-state index contributed by atoms with van der Waals surface area (Å²) in [6.07, 6.45) is -0.755. The average Bonchev–Trinajstić information content (AvgIpc) is 2.79. The Labute approximate surface area is 120 Å². The van der Waals surface area contributed by atoms with Gasteiger partial charge in [0.15, 0.2) is 0 Å². The molecule has 2 rings (SSSR count). The van der Waals surface area contributed by atoms with E-state index in [-0.39, 0.29) is 10.8 Å². The molecule has 0 spiro atoms. The van der Waals surface area contributed by atoms with E-state index < -0.39 is 11.0 Å². The number of aliphatic hydroxyl groups excluding tert-OH is 1. The van der Waals surface area contributed by atoms with Gasteiger partial charge in [-0.2, -0.15) is 0 Å². The van der Waals surface area contributed by atoms with Gasteiger partial charge in [-0.25, -0.2) is 0 Å². The largest absolute Gasteiger partial charge is 0.440 e. The van der Waals surface area contributed by atoms with Gasteiger partial charge in [-0.3, -0.25) is 10.1 Å². The van der Waals surface area contributed by atoms with Gasteiger partial charge >= 0.3 is 5.69 Å². The minimum absolute atomic E-state index is 0.119. The Hall–Kier alpha value is -1.92. The van der Waals surface area contributed by atoms with Gasteiger partial charge in [-0.05, 0) is 38.0 Å². The number of nitro groups is 1. The van der Waals surface area contributed by atoms with Gasteiger partial charge < -0.3 is 9.84 Å². The fraction of sp³-hybridized carbons (Fsp3) is 0.286. The molecule has 0 saturated carbocycles. The Bertz CT molecular complexity index is 649. The lowest BCUT2D eigenvalue weighted by atomic mass is 10.1. The van der Waals surface area contributed by atoms with E-state index >= 15 is 0 Å². The smallest absolute Gasteiger partial charge is 0.323 e. The standard InChI is InChI=1S/C14H15NO4S/c1-8-5-4-6-12(9(8)2)19-14-11(15(17)18)7-13(20-14)10(3)16/h4-7,10,16H,1-3H3/t10-/m1/s1. The van der Waals surface area contributed by atoms with Crippen molar-refractivity contribution in [1.82, 2.24) is 0 Å². The molecule has 0 aliphatic heterocycles. The number of thiophene rings is 1. The fourth-order valence-electron chi connectivity index (χ4n) is 1.72. The molecule has 1 aromatic heterocycles. The zero-order valence-corrected chi connectivity index (χ0v) is 12.2. The van der Waals surface area contributed by atoms with E-state index in [4.69, 9.17) is 4.74 Å². The summed E-state index contributed by atoms with van der Waals surface area (Å²) in [7, 11) is 0. The maximum Gasteiger partial charge on any atom is 0.323 e. The normalized spacial score (nSPS) is 12.2. The molecule has 0 aliphatic rings. The monoisotopic (exact) mass is 293 g/mol. The van der Waals surface area contributed by atoms with Crippen molar-refractivity contribution < 1.29 is 14.8 Å². The van der Waals surface area contributed by atoms with Crippen LogP contribution in [-0.2, 0) is 0 Å². The predicted molar refractivity (Wildman–Crippen MR) is 77.6 cm³/mol. The zero-order valence-electron chi connectivity index (χ0n) is 11.4. The first-order valence-corrected chi connectivity index (χ1v) is 6.92. The van der Waals surface area contributed by atoms with Crippen LogP contribution < -0.4 is 4.74 Å². The van der Waals surface area contributed by atoms with Crippen molar-refractivity contribution in [2.45, 2.75) is 26.9 Å². The Morgan fingerprint density at radius 2 is 2.10 bits per heavy atom. The molecule has 1 atom stereocenters. The average molecular weight is 293 g/mol. The Morgan fingerprint density at radius 3 is 2.70 bits per heavy atom. The molecule has 0 fully saturated rings. The molecule has 1 N–H and O–H groups in total. The fourth-order valence-corrected chi connectivity index (χ4v) is 2.65. The highest BCUT2D eigenvalue weighted by molar-refractivity contribution is 7.14. The quantitative estimate of drug-likeness (QED) is 0.680. The van der Waals surface area contributed by atoms with Crippen molar-refractivity contribution in [2.75, 3.05) is 0 Å². The number of ether oxygens (including phenoxy) is 1. The number of hydrogen-bond acceptors (Lipinski definition) is 5. The van der Waals surface area contributed by atoms with Crippen molar-refractivity contribution in [1.29, 1.82) is 0 Å². The minimum Gasteiger partial charge on any atom is -0.440 e. The zero-order chi connectivity index (χ0) is 14.9. The molecule has 1 heterocycles. The highest BCUT2D eigenvalue weighted by Crippen LogP contribution is 2.42. The second-order valence-corrected chi connectivity index (χ2v) is 5.60. The van der Waals surface area contributed by atoms with E-state index in [1.54, 1.807) is 13.0 Å². The van der Waals surface area contributed by atoms with Crippen LogP contribution in [0.3, 0.4) is 0 Å². The number of rotatable bonds is 4. The van der Waals surface area contributed by atoms with Crippen LogP contribution in [-0.4, -0.2) is 10.0 Å². The van der Waals surface area contributed by atoms with Gasteiger partial charge in [0, 0.05) is 10.9 Å². The van der Waals surface area contributed by atoms with Crippen molar-refractivity contribution in [3.8, 4) is 10.8 Å². The Balaban J connectivity index is 2.42. The van der Waals surface area contributed by atoms with E-state index in [0.29, 0.717) is 10.6 Å². The second kappa shape index (κ2) is 5.60. The summed E-state index contributed by atoms with van der Waals surface area (Å²) >= 11 is 1.09. The van der Waals surface area contributed by atoms with E-state index in [1.165, 1.54) is 6.07 Å². The third-order valence-corrected chi connectivity index (χ3v) is 4.24. The molecule has 0 bridgehead atoms. The molecule has 0 saturated heterocycles. The summed E-state index contributed by atoms with van der Waals surface area (Å²) in [6, 6.07) is 6.92. The SMILES string of the molecule is Cc1cccc(Oc2sc([C@@H](C)O)cc2[N+](=O)[O-])c1C. The van der Waals surface area contributed by atoms with Crippen LogP contribution in [0.15, 0.2) is 24.3 Å². The maximum atomic E-state index is 11.1. The van der Waals surface area contributed by atoms with Crippen LogP contribution >= 0.6 is 11.3 Å². The van der Waals surface area contributed by atoms with Crippen molar-refractivity contribution in [3.05, 3.63) is 50.4 Å². The summed E-state index contributed by atoms with van der Waals surface area (Å²) < 4.78 is 5.68. The first kappa shape index (κ1) is 14.5. The molecule has 0 amide bonds. The van der Waals surface area contributed by atoms with Gasteiger partial charge in [-0.1, -0.05) is 23.5 Å². The van der Waals surface area contributed by atoms with Crippen LogP contribution in [0.5, 0.6) is 10.8 Å². The van der Waals surface area contributed by atoms with Crippen LogP contribution in [0, 0.1) is 24.0 Å².